The van der Waals surface area contributed by atoms with Crippen molar-refractivity contribution in [1.82, 2.24) is 15.0 Å². The number of hydrogen-bond acceptors (Lipinski definition) is 6. The van der Waals surface area contributed by atoms with Crippen molar-refractivity contribution in [3.8, 4) is 0 Å². The van der Waals surface area contributed by atoms with Crippen molar-refractivity contribution in [3.05, 3.63) is 40.7 Å². The zero-order chi connectivity index (χ0) is 19.7. The number of halogens is 1. The molecule has 7 nitrogen and oxygen atoms in total. The van der Waals surface area contributed by atoms with Crippen molar-refractivity contribution in [2.45, 2.75) is 30.0 Å². The SMILES string of the molecule is Cc1cc(CN2CCN(C(=O)C[C@@H]3Sc4ccc(Cl)cc4NC3=O)CC2)on1. The Morgan fingerprint density at radius 3 is 2.82 bits per heavy atom. The number of benzene rings is 1. The lowest BCUT2D eigenvalue weighted by atomic mass is 10.2. The van der Waals surface area contributed by atoms with E-state index in [0.717, 1.165) is 29.4 Å². The van der Waals surface area contributed by atoms with Crippen LogP contribution in [0.1, 0.15) is 17.9 Å². The first-order valence-electron chi connectivity index (χ1n) is 9.17. The van der Waals surface area contributed by atoms with Crippen LogP contribution < -0.4 is 5.32 Å². The lowest BCUT2D eigenvalue weighted by molar-refractivity contribution is -0.134. The monoisotopic (exact) mass is 420 g/mol. The molecule has 1 atom stereocenters. The van der Waals surface area contributed by atoms with Crippen LogP contribution in [0.2, 0.25) is 5.02 Å². The number of aryl methyl sites for hydroxylation is 1. The van der Waals surface area contributed by atoms with Crippen LogP contribution in [-0.2, 0) is 16.1 Å². The zero-order valence-corrected chi connectivity index (χ0v) is 17.1. The standard InChI is InChI=1S/C19H21ClN4O3S/c1-12-8-14(27-22-12)11-23-4-6-24(7-5-23)18(25)10-17-19(26)21-15-9-13(20)2-3-16(15)28-17/h2-3,8-9,17H,4-7,10-11H2,1H3,(H,21,26)/t17-/m0/s1. The summed E-state index contributed by atoms with van der Waals surface area (Å²) in [5.74, 6) is 0.707. The minimum Gasteiger partial charge on any atom is -0.360 e. The first-order valence-corrected chi connectivity index (χ1v) is 10.4. The molecule has 0 radical (unpaired) electrons. The number of amides is 2. The van der Waals surface area contributed by atoms with Crippen molar-refractivity contribution in [1.29, 1.82) is 0 Å². The quantitative estimate of drug-likeness (QED) is 0.819. The molecule has 0 saturated carbocycles. The molecule has 3 heterocycles. The van der Waals surface area contributed by atoms with E-state index >= 15 is 0 Å². The van der Waals surface area contributed by atoms with Crippen LogP contribution in [-0.4, -0.2) is 58.2 Å². The van der Waals surface area contributed by atoms with Crippen LogP contribution in [0.25, 0.3) is 0 Å². The van der Waals surface area contributed by atoms with Gasteiger partial charge in [0.15, 0.2) is 5.76 Å². The van der Waals surface area contributed by atoms with E-state index in [1.807, 2.05) is 24.0 Å². The van der Waals surface area contributed by atoms with Crippen molar-refractivity contribution >= 4 is 40.9 Å². The maximum absolute atomic E-state index is 12.7. The first kappa shape index (κ1) is 19.3. The fourth-order valence-corrected chi connectivity index (χ4v) is 4.67. The molecule has 0 unspecified atom stereocenters. The largest absolute Gasteiger partial charge is 0.360 e. The third kappa shape index (κ3) is 4.34. The average molecular weight is 421 g/mol. The van der Waals surface area contributed by atoms with E-state index in [1.54, 1.807) is 12.1 Å². The molecule has 0 spiro atoms. The van der Waals surface area contributed by atoms with E-state index < -0.39 is 5.25 Å². The summed E-state index contributed by atoms with van der Waals surface area (Å²) >= 11 is 7.40. The topological polar surface area (TPSA) is 78.7 Å². The minimum absolute atomic E-state index is 0.0141. The molecule has 2 amide bonds. The Kier molecular flexibility index (Phi) is 5.61. The summed E-state index contributed by atoms with van der Waals surface area (Å²) in [5, 5.41) is 6.92. The molecule has 4 rings (SSSR count). The number of piperazine rings is 1. The Labute approximate surface area is 172 Å². The van der Waals surface area contributed by atoms with Crippen LogP contribution in [0.3, 0.4) is 0 Å². The van der Waals surface area contributed by atoms with Gasteiger partial charge >= 0.3 is 0 Å². The summed E-state index contributed by atoms with van der Waals surface area (Å²) in [7, 11) is 0. The van der Waals surface area contributed by atoms with E-state index in [4.69, 9.17) is 16.1 Å². The van der Waals surface area contributed by atoms with Gasteiger partial charge in [0.1, 0.15) is 0 Å². The second kappa shape index (κ2) is 8.14. The Morgan fingerprint density at radius 2 is 2.11 bits per heavy atom. The molecule has 0 bridgehead atoms. The van der Waals surface area contributed by atoms with E-state index in [0.29, 0.717) is 30.3 Å². The number of nitrogens with zero attached hydrogens (tertiary/aromatic N) is 3. The van der Waals surface area contributed by atoms with Crippen LogP contribution >= 0.6 is 23.4 Å². The van der Waals surface area contributed by atoms with Gasteiger partial charge in [-0.25, -0.2) is 0 Å². The van der Waals surface area contributed by atoms with Gasteiger partial charge in [0, 0.05) is 48.6 Å². The molecule has 2 aliphatic rings. The van der Waals surface area contributed by atoms with E-state index in [9.17, 15) is 9.59 Å². The van der Waals surface area contributed by atoms with Crippen molar-refractivity contribution in [3.63, 3.8) is 0 Å². The molecule has 1 aromatic carbocycles. The van der Waals surface area contributed by atoms with Gasteiger partial charge in [0.05, 0.1) is 23.2 Å². The van der Waals surface area contributed by atoms with Gasteiger partial charge in [-0.3, -0.25) is 14.5 Å². The Hall–Kier alpha value is -2.03. The number of fused-ring (bicyclic) bond motifs is 1. The van der Waals surface area contributed by atoms with Gasteiger partial charge < -0.3 is 14.7 Å². The molecule has 1 fully saturated rings. The highest BCUT2D eigenvalue weighted by Gasteiger charge is 2.31. The molecular formula is C19H21ClN4O3S. The fraction of sp³-hybridized carbons (Fsp3) is 0.421. The third-order valence-electron chi connectivity index (χ3n) is 4.90. The Balaban J connectivity index is 1.30. The maximum Gasteiger partial charge on any atom is 0.238 e. The predicted molar refractivity (Wildman–Crippen MR) is 107 cm³/mol. The molecule has 0 aliphatic carbocycles. The van der Waals surface area contributed by atoms with Crippen molar-refractivity contribution < 1.29 is 14.1 Å². The molecule has 1 saturated heterocycles. The number of aromatic nitrogens is 1. The minimum atomic E-state index is -0.420. The maximum atomic E-state index is 12.7. The van der Waals surface area contributed by atoms with Gasteiger partial charge in [0.25, 0.3) is 0 Å². The van der Waals surface area contributed by atoms with Gasteiger partial charge in [-0.1, -0.05) is 16.8 Å². The second-order valence-corrected chi connectivity index (χ2v) is 8.71. The molecule has 2 aromatic rings. The fourth-order valence-electron chi connectivity index (χ4n) is 3.41. The highest BCUT2D eigenvalue weighted by atomic mass is 35.5. The number of anilines is 1. The second-order valence-electron chi connectivity index (χ2n) is 7.03. The van der Waals surface area contributed by atoms with Gasteiger partial charge in [0.2, 0.25) is 11.8 Å². The van der Waals surface area contributed by atoms with Crippen LogP contribution in [0, 0.1) is 6.92 Å². The molecule has 148 valence electrons. The van der Waals surface area contributed by atoms with Crippen molar-refractivity contribution in [2.24, 2.45) is 0 Å². The number of rotatable bonds is 4. The highest BCUT2D eigenvalue weighted by Crippen LogP contribution is 2.38. The van der Waals surface area contributed by atoms with Crippen LogP contribution in [0.5, 0.6) is 0 Å². The lowest BCUT2D eigenvalue weighted by Gasteiger charge is -2.35. The van der Waals surface area contributed by atoms with Crippen LogP contribution in [0.4, 0.5) is 5.69 Å². The molecule has 1 N–H and O–H groups in total. The van der Waals surface area contributed by atoms with E-state index in [1.165, 1.54) is 11.8 Å². The zero-order valence-electron chi connectivity index (χ0n) is 15.5. The van der Waals surface area contributed by atoms with Crippen molar-refractivity contribution in [2.75, 3.05) is 31.5 Å². The molecule has 28 heavy (non-hydrogen) atoms. The number of hydrogen-bond donors (Lipinski definition) is 1. The normalized spacial score (nSPS) is 20.0. The highest BCUT2D eigenvalue weighted by molar-refractivity contribution is 8.01. The first-order chi connectivity index (χ1) is 13.5. The molecule has 2 aliphatic heterocycles. The summed E-state index contributed by atoms with van der Waals surface area (Å²) < 4.78 is 5.26. The van der Waals surface area contributed by atoms with E-state index in [2.05, 4.69) is 15.4 Å². The summed E-state index contributed by atoms with van der Waals surface area (Å²) in [5.41, 5.74) is 1.58. The van der Waals surface area contributed by atoms with Gasteiger partial charge in [-0.15, -0.1) is 11.8 Å². The van der Waals surface area contributed by atoms with E-state index in [-0.39, 0.29) is 18.2 Å². The number of carbonyl (C=O) groups is 2. The summed E-state index contributed by atoms with van der Waals surface area (Å²) in [6.07, 6.45) is 0.194. The molecule has 1 aromatic heterocycles. The summed E-state index contributed by atoms with van der Waals surface area (Å²) in [4.78, 5) is 30.1. The van der Waals surface area contributed by atoms with Gasteiger partial charge in [-0.05, 0) is 25.1 Å². The number of nitrogens with one attached hydrogen (secondary N) is 1. The van der Waals surface area contributed by atoms with Gasteiger partial charge in [-0.2, -0.15) is 0 Å². The predicted octanol–water partition coefficient (Wildman–Crippen LogP) is 2.78. The third-order valence-corrected chi connectivity index (χ3v) is 6.41. The smallest absolute Gasteiger partial charge is 0.238 e. The Morgan fingerprint density at radius 1 is 1.32 bits per heavy atom. The average Bonchev–Trinajstić information content (AvgIpc) is 3.08. The van der Waals surface area contributed by atoms with Crippen LogP contribution in [0.15, 0.2) is 33.7 Å². The molecule has 9 heteroatoms. The summed E-state index contributed by atoms with van der Waals surface area (Å²) in [6, 6.07) is 7.33. The number of thioether (sulfide) groups is 1. The number of carbonyl (C=O) groups excluding carboxylic acids is 2. The summed E-state index contributed by atoms with van der Waals surface area (Å²) in [6.45, 7) is 5.45. The molecular weight excluding hydrogens is 400 g/mol. The Bertz CT molecular complexity index is 895. The lowest BCUT2D eigenvalue weighted by Crippen LogP contribution is -2.49.